The van der Waals surface area contributed by atoms with Crippen LogP contribution in [0.2, 0.25) is 0 Å². The van der Waals surface area contributed by atoms with Crippen molar-refractivity contribution in [3.05, 3.63) is 55.4 Å². The van der Waals surface area contributed by atoms with E-state index in [4.69, 9.17) is 0 Å². The van der Waals surface area contributed by atoms with Gasteiger partial charge in [0.2, 0.25) is 0 Å². The minimum Gasteiger partial charge on any atom is -0.384 e. The Kier molecular flexibility index (Phi) is 3.66. The minimum absolute atomic E-state index is 0.201. The Labute approximate surface area is 112 Å². The number of halogens is 2. The van der Waals surface area contributed by atoms with Gasteiger partial charge in [0.05, 0.1) is 3.79 Å². The molecule has 1 heterocycles. The van der Waals surface area contributed by atoms with E-state index in [2.05, 4.69) is 15.9 Å². The summed E-state index contributed by atoms with van der Waals surface area (Å²) in [5.41, 5.74) is 2.68. The first kappa shape index (κ1) is 12.7. The molecule has 2 rings (SSSR count). The maximum Gasteiger partial charge on any atom is 0.129 e. The van der Waals surface area contributed by atoms with Gasteiger partial charge in [0, 0.05) is 0 Å². The molecule has 0 spiro atoms. The van der Waals surface area contributed by atoms with Crippen molar-refractivity contribution < 1.29 is 9.50 Å². The van der Waals surface area contributed by atoms with Gasteiger partial charge in [-0.05, 0) is 63.5 Å². The summed E-state index contributed by atoms with van der Waals surface area (Å²) in [5, 5.41) is 12.1. The van der Waals surface area contributed by atoms with E-state index >= 15 is 0 Å². The average Bonchev–Trinajstić information content (AvgIpc) is 2.71. The van der Waals surface area contributed by atoms with Crippen molar-refractivity contribution in [3.63, 3.8) is 0 Å². The molecular formula is C13H12BrFOS. The molecule has 1 aromatic heterocycles. The van der Waals surface area contributed by atoms with Crippen molar-refractivity contribution >= 4 is 27.3 Å². The summed E-state index contributed by atoms with van der Waals surface area (Å²) < 4.78 is 14.5. The number of benzene rings is 1. The predicted octanol–water partition coefficient (Wildman–Crippen LogP) is 4.35. The number of aryl methyl sites for hydroxylation is 2. The minimum atomic E-state index is -0.699. The second kappa shape index (κ2) is 4.88. The van der Waals surface area contributed by atoms with Crippen LogP contribution in [0.4, 0.5) is 4.39 Å². The van der Waals surface area contributed by atoms with E-state index in [0.29, 0.717) is 11.1 Å². The molecule has 0 saturated heterocycles. The molecule has 0 fully saturated rings. The summed E-state index contributed by atoms with van der Waals surface area (Å²) in [6.07, 6.45) is -0.699. The van der Waals surface area contributed by atoms with Crippen LogP contribution in [0.1, 0.15) is 28.4 Å². The summed E-state index contributed by atoms with van der Waals surface area (Å²) in [4.78, 5) is 0. The monoisotopic (exact) mass is 314 g/mol. The predicted molar refractivity (Wildman–Crippen MR) is 72.0 cm³/mol. The second-order valence-corrected chi connectivity index (χ2v) is 6.35. The van der Waals surface area contributed by atoms with Crippen LogP contribution in [0.5, 0.6) is 0 Å². The Hall–Kier alpha value is -0.710. The number of rotatable bonds is 2. The van der Waals surface area contributed by atoms with Gasteiger partial charge in [-0.3, -0.25) is 0 Å². The largest absolute Gasteiger partial charge is 0.384 e. The highest BCUT2D eigenvalue weighted by Gasteiger charge is 2.14. The standard InChI is InChI=1S/C13H12BrFOS/c1-7-3-9(4-8(2)12(7)15)13(16)10-5-11(14)17-6-10/h3-6,13,16H,1-2H3. The fraction of sp³-hybridized carbons (Fsp3) is 0.231. The molecular weight excluding hydrogens is 303 g/mol. The number of aliphatic hydroxyl groups excluding tert-OH is 1. The van der Waals surface area contributed by atoms with Crippen LogP contribution in [-0.4, -0.2) is 5.11 Å². The first-order valence-electron chi connectivity index (χ1n) is 5.17. The molecule has 0 radical (unpaired) electrons. The normalized spacial score (nSPS) is 12.8. The van der Waals surface area contributed by atoms with Crippen molar-refractivity contribution in [1.29, 1.82) is 0 Å². The van der Waals surface area contributed by atoms with Gasteiger partial charge in [0.15, 0.2) is 0 Å². The molecule has 0 bridgehead atoms. The number of thiophene rings is 1. The van der Waals surface area contributed by atoms with Gasteiger partial charge in [-0.2, -0.15) is 0 Å². The maximum absolute atomic E-state index is 13.5. The summed E-state index contributed by atoms with van der Waals surface area (Å²) in [6.45, 7) is 3.42. The van der Waals surface area contributed by atoms with Crippen molar-refractivity contribution in [2.75, 3.05) is 0 Å². The van der Waals surface area contributed by atoms with E-state index in [0.717, 1.165) is 14.9 Å². The molecule has 1 aromatic carbocycles. The van der Waals surface area contributed by atoms with Crippen LogP contribution < -0.4 is 0 Å². The Balaban J connectivity index is 2.41. The van der Waals surface area contributed by atoms with Gasteiger partial charge in [0.1, 0.15) is 11.9 Å². The Morgan fingerprint density at radius 3 is 2.24 bits per heavy atom. The van der Waals surface area contributed by atoms with Gasteiger partial charge in [0.25, 0.3) is 0 Å². The van der Waals surface area contributed by atoms with Crippen LogP contribution in [0.25, 0.3) is 0 Å². The van der Waals surface area contributed by atoms with Crippen molar-refractivity contribution in [2.24, 2.45) is 0 Å². The number of hydrogen-bond donors (Lipinski definition) is 1. The molecule has 1 atom stereocenters. The maximum atomic E-state index is 13.5. The molecule has 4 heteroatoms. The van der Waals surface area contributed by atoms with Gasteiger partial charge < -0.3 is 5.11 Å². The fourth-order valence-electron chi connectivity index (χ4n) is 1.80. The van der Waals surface area contributed by atoms with E-state index in [9.17, 15) is 9.50 Å². The van der Waals surface area contributed by atoms with Gasteiger partial charge in [-0.1, -0.05) is 12.1 Å². The van der Waals surface area contributed by atoms with Gasteiger partial charge in [-0.25, -0.2) is 4.39 Å². The zero-order chi connectivity index (χ0) is 12.6. The van der Waals surface area contributed by atoms with Crippen LogP contribution in [0.3, 0.4) is 0 Å². The molecule has 0 aliphatic carbocycles. The Bertz CT molecular complexity index is 527. The van der Waals surface area contributed by atoms with E-state index in [1.54, 1.807) is 26.0 Å². The highest BCUT2D eigenvalue weighted by atomic mass is 79.9. The lowest BCUT2D eigenvalue weighted by atomic mass is 9.99. The highest BCUT2D eigenvalue weighted by molar-refractivity contribution is 9.11. The molecule has 0 amide bonds. The summed E-state index contributed by atoms with van der Waals surface area (Å²) in [5.74, 6) is -0.201. The lowest BCUT2D eigenvalue weighted by Gasteiger charge is -2.12. The Morgan fingerprint density at radius 1 is 1.18 bits per heavy atom. The molecule has 0 aliphatic rings. The SMILES string of the molecule is Cc1cc(C(O)c2csc(Br)c2)cc(C)c1F. The summed E-state index contributed by atoms with van der Waals surface area (Å²) in [6, 6.07) is 5.26. The van der Waals surface area contributed by atoms with Crippen LogP contribution in [0.15, 0.2) is 27.4 Å². The molecule has 0 aliphatic heterocycles. The van der Waals surface area contributed by atoms with E-state index in [1.165, 1.54) is 11.3 Å². The van der Waals surface area contributed by atoms with E-state index in [1.807, 2.05) is 11.4 Å². The van der Waals surface area contributed by atoms with E-state index < -0.39 is 6.10 Å². The van der Waals surface area contributed by atoms with Gasteiger partial charge >= 0.3 is 0 Å². The lowest BCUT2D eigenvalue weighted by Crippen LogP contribution is -2.01. The van der Waals surface area contributed by atoms with Gasteiger partial charge in [-0.15, -0.1) is 11.3 Å². The van der Waals surface area contributed by atoms with Crippen LogP contribution in [-0.2, 0) is 0 Å². The first-order valence-corrected chi connectivity index (χ1v) is 6.85. The number of aliphatic hydroxyl groups is 1. The topological polar surface area (TPSA) is 20.2 Å². The third-order valence-electron chi connectivity index (χ3n) is 2.68. The van der Waals surface area contributed by atoms with Crippen LogP contribution >= 0.6 is 27.3 Å². The molecule has 2 aromatic rings. The number of hydrogen-bond acceptors (Lipinski definition) is 2. The molecule has 0 saturated carbocycles. The fourth-order valence-corrected chi connectivity index (χ4v) is 2.99. The Morgan fingerprint density at radius 2 is 1.76 bits per heavy atom. The molecule has 1 unspecified atom stereocenters. The first-order chi connectivity index (χ1) is 7.99. The smallest absolute Gasteiger partial charge is 0.129 e. The van der Waals surface area contributed by atoms with Crippen molar-refractivity contribution in [2.45, 2.75) is 20.0 Å². The molecule has 1 N–H and O–H groups in total. The van der Waals surface area contributed by atoms with Crippen molar-refractivity contribution in [1.82, 2.24) is 0 Å². The highest BCUT2D eigenvalue weighted by Crippen LogP contribution is 2.30. The third-order valence-corrected chi connectivity index (χ3v) is 4.20. The van der Waals surface area contributed by atoms with E-state index in [-0.39, 0.29) is 5.82 Å². The quantitative estimate of drug-likeness (QED) is 0.873. The lowest BCUT2D eigenvalue weighted by molar-refractivity contribution is 0.220. The van der Waals surface area contributed by atoms with Crippen molar-refractivity contribution in [3.8, 4) is 0 Å². The van der Waals surface area contributed by atoms with Crippen LogP contribution in [0, 0.1) is 19.7 Å². The zero-order valence-electron chi connectivity index (χ0n) is 9.50. The summed E-state index contributed by atoms with van der Waals surface area (Å²) in [7, 11) is 0. The second-order valence-electron chi connectivity index (χ2n) is 4.06. The molecule has 90 valence electrons. The molecule has 17 heavy (non-hydrogen) atoms. The third kappa shape index (κ3) is 2.59. The summed E-state index contributed by atoms with van der Waals surface area (Å²) >= 11 is 4.88. The molecule has 1 nitrogen and oxygen atoms in total. The zero-order valence-corrected chi connectivity index (χ0v) is 11.9. The average molecular weight is 315 g/mol.